The van der Waals surface area contributed by atoms with Crippen LogP contribution >= 0.6 is 0 Å². The van der Waals surface area contributed by atoms with Gasteiger partial charge >= 0.3 is 11.9 Å². The number of rotatable bonds is 17. The van der Waals surface area contributed by atoms with E-state index in [0.29, 0.717) is 6.42 Å². The van der Waals surface area contributed by atoms with E-state index in [4.69, 9.17) is 18.9 Å². The fourth-order valence-corrected chi connectivity index (χ4v) is 3.28. The predicted molar refractivity (Wildman–Crippen MR) is 136 cm³/mol. The predicted octanol–water partition coefficient (Wildman–Crippen LogP) is 1.86. The topological polar surface area (TPSA) is 152 Å². The molecule has 10 nitrogen and oxygen atoms in total. The van der Waals surface area contributed by atoms with Gasteiger partial charge in [0.05, 0.1) is 13.2 Å². The number of hydrogen-bond donors (Lipinski definition) is 4. The highest BCUT2D eigenvalue weighted by molar-refractivity contribution is 5.70. The largest absolute Gasteiger partial charge is 0.462 e. The van der Waals surface area contributed by atoms with Crippen molar-refractivity contribution in [1.29, 1.82) is 0 Å². The van der Waals surface area contributed by atoms with Crippen LogP contribution in [0.1, 0.15) is 52.4 Å². The molecule has 1 heterocycles. The molecule has 1 rings (SSSR count). The molecule has 0 aromatic rings. The van der Waals surface area contributed by atoms with Gasteiger partial charge in [-0.25, -0.2) is 0 Å². The molecule has 0 aliphatic carbocycles. The number of allylic oxidation sites excluding steroid dienone is 8. The fourth-order valence-electron chi connectivity index (χ4n) is 3.28. The lowest BCUT2D eigenvalue weighted by Gasteiger charge is -2.39. The first-order valence-corrected chi connectivity index (χ1v) is 12.6. The molecule has 37 heavy (non-hydrogen) atoms. The lowest BCUT2D eigenvalue weighted by atomic mass is 9.99. The van der Waals surface area contributed by atoms with Gasteiger partial charge in [-0.3, -0.25) is 9.59 Å². The summed E-state index contributed by atoms with van der Waals surface area (Å²) < 4.78 is 20.9. The normalized spacial score (nSPS) is 25.4. The van der Waals surface area contributed by atoms with Gasteiger partial charge in [0.2, 0.25) is 0 Å². The van der Waals surface area contributed by atoms with Gasteiger partial charge in [0.25, 0.3) is 0 Å². The van der Waals surface area contributed by atoms with E-state index in [9.17, 15) is 30.0 Å². The van der Waals surface area contributed by atoms with Crippen LogP contribution in [0.3, 0.4) is 0 Å². The van der Waals surface area contributed by atoms with E-state index in [1.54, 1.807) is 0 Å². The number of hydrogen-bond acceptors (Lipinski definition) is 10. The maximum atomic E-state index is 12.2. The van der Waals surface area contributed by atoms with E-state index in [1.165, 1.54) is 6.92 Å². The van der Waals surface area contributed by atoms with Gasteiger partial charge in [-0.2, -0.15) is 0 Å². The summed E-state index contributed by atoms with van der Waals surface area (Å²) in [5, 5.41) is 39.0. The number of aliphatic hydroxyl groups is 4. The summed E-state index contributed by atoms with van der Waals surface area (Å²) in [6.45, 7) is 2.12. The molecular formula is C27H42O10. The summed E-state index contributed by atoms with van der Waals surface area (Å²) in [4.78, 5) is 23.4. The van der Waals surface area contributed by atoms with Crippen LogP contribution < -0.4 is 0 Å². The molecule has 6 atom stereocenters. The Morgan fingerprint density at radius 2 is 1.46 bits per heavy atom. The minimum Gasteiger partial charge on any atom is -0.462 e. The molecule has 1 aliphatic rings. The van der Waals surface area contributed by atoms with Crippen LogP contribution in [0.15, 0.2) is 48.6 Å². The molecule has 1 aliphatic heterocycles. The van der Waals surface area contributed by atoms with Crippen molar-refractivity contribution in [1.82, 2.24) is 0 Å². The first kappa shape index (κ1) is 32.7. The van der Waals surface area contributed by atoms with E-state index in [-0.39, 0.29) is 19.6 Å². The average Bonchev–Trinajstić information content (AvgIpc) is 2.87. The van der Waals surface area contributed by atoms with E-state index in [0.717, 1.165) is 25.7 Å². The zero-order chi connectivity index (χ0) is 27.5. The van der Waals surface area contributed by atoms with Crippen LogP contribution in [0.5, 0.6) is 0 Å². The second-order valence-electron chi connectivity index (χ2n) is 8.48. The van der Waals surface area contributed by atoms with Crippen molar-refractivity contribution in [3.05, 3.63) is 48.6 Å². The Morgan fingerprint density at radius 3 is 2.03 bits per heavy atom. The van der Waals surface area contributed by atoms with Gasteiger partial charge in [-0.05, 0) is 32.1 Å². The minimum absolute atomic E-state index is 0.102. The van der Waals surface area contributed by atoms with Crippen molar-refractivity contribution in [2.45, 2.75) is 89.2 Å². The molecule has 0 amide bonds. The fraction of sp³-hybridized carbons (Fsp3) is 0.630. The van der Waals surface area contributed by atoms with E-state index < -0.39 is 55.4 Å². The third-order valence-electron chi connectivity index (χ3n) is 5.30. The maximum Gasteiger partial charge on any atom is 0.306 e. The summed E-state index contributed by atoms with van der Waals surface area (Å²) in [5.74, 6) is -1.11. The van der Waals surface area contributed by atoms with Gasteiger partial charge in [0, 0.05) is 13.3 Å². The number of aliphatic hydroxyl groups excluding tert-OH is 4. The summed E-state index contributed by atoms with van der Waals surface area (Å²) in [6, 6.07) is 0. The standard InChI is InChI=1S/C27H42O10/c1-3-4-5-6-7-8-9-10-11-12-13-14-15-16-23(30)36-21(18-34-20(2)29)19-35-27-26(33)25(32)24(31)22(17-28)37-27/h4-5,7-8,10-11,13-14,21-22,24-28,31-33H,3,6,9,12,15-19H2,1-2H3/b5-4-,8-7-,11-10-,14-13-. The Balaban J connectivity index is 2.41. The number of carbonyl (C=O) groups excluding carboxylic acids is 2. The molecule has 4 N–H and O–H groups in total. The Labute approximate surface area is 218 Å². The molecular weight excluding hydrogens is 484 g/mol. The van der Waals surface area contributed by atoms with Crippen molar-refractivity contribution >= 4 is 11.9 Å². The lowest BCUT2D eigenvalue weighted by Crippen LogP contribution is -2.59. The first-order chi connectivity index (χ1) is 17.8. The molecule has 6 unspecified atom stereocenters. The van der Waals surface area contributed by atoms with Gasteiger partial charge < -0.3 is 39.4 Å². The van der Waals surface area contributed by atoms with Crippen molar-refractivity contribution in [3.63, 3.8) is 0 Å². The highest BCUT2D eigenvalue weighted by Crippen LogP contribution is 2.22. The molecule has 210 valence electrons. The molecule has 0 spiro atoms. The van der Waals surface area contributed by atoms with Crippen molar-refractivity contribution in [2.75, 3.05) is 19.8 Å². The van der Waals surface area contributed by atoms with Crippen LogP contribution in [0.4, 0.5) is 0 Å². The van der Waals surface area contributed by atoms with Crippen molar-refractivity contribution in [2.24, 2.45) is 0 Å². The Hall–Kier alpha value is -2.34. The van der Waals surface area contributed by atoms with E-state index in [1.807, 2.05) is 18.2 Å². The van der Waals surface area contributed by atoms with Gasteiger partial charge in [0.1, 0.15) is 31.0 Å². The van der Waals surface area contributed by atoms with Crippen molar-refractivity contribution in [3.8, 4) is 0 Å². The Bertz CT molecular complexity index is 758. The average molecular weight is 527 g/mol. The molecule has 0 aromatic heterocycles. The van der Waals surface area contributed by atoms with Crippen LogP contribution in [-0.2, 0) is 28.5 Å². The Kier molecular flexibility index (Phi) is 17.4. The quantitative estimate of drug-likeness (QED) is 0.163. The summed E-state index contributed by atoms with van der Waals surface area (Å²) in [7, 11) is 0. The van der Waals surface area contributed by atoms with Crippen molar-refractivity contribution < 1.29 is 49.0 Å². The number of ether oxygens (including phenoxy) is 4. The second-order valence-corrected chi connectivity index (χ2v) is 8.48. The Morgan fingerprint density at radius 1 is 0.865 bits per heavy atom. The van der Waals surface area contributed by atoms with Gasteiger partial charge in [0.15, 0.2) is 12.4 Å². The molecule has 0 bridgehead atoms. The SMILES string of the molecule is CC/C=C\C/C=C\C/C=C\C/C=C\CCC(=O)OC(COC(C)=O)COC1OC(CO)C(O)C(O)C1O. The van der Waals surface area contributed by atoms with Crippen LogP contribution in [0, 0.1) is 0 Å². The summed E-state index contributed by atoms with van der Waals surface area (Å²) in [5.41, 5.74) is 0. The zero-order valence-electron chi connectivity index (χ0n) is 21.7. The highest BCUT2D eigenvalue weighted by Gasteiger charge is 2.44. The number of carbonyl (C=O) groups is 2. The van der Waals surface area contributed by atoms with Crippen LogP contribution in [-0.4, -0.2) is 89.0 Å². The van der Waals surface area contributed by atoms with Gasteiger partial charge in [-0.15, -0.1) is 0 Å². The third kappa shape index (κ3) is 14.2. The highest BCUT2D eigenvalue weighted by atomic mass is 16.7. The maximum absolute atomic E-state index is 12.2. The molecule has 0 aromatic carbocycles. The second kappa shape index (κ2) is 19.7. The lowest BCUT2D eigenvalue weighted by molar-refractivity contribution is -0.305. The minimum atomic E-state index is -1.60. The summed E-state index contributed by atoms with van der Waals surface area (Å²) >= 11 is 0. The van der Waals surface area contributed by atoms with E-state index >= 15 is 0 Å². The molecule has 0 saturated carbocycles. The van der Waals surface area contributed by atoms with Crippen LogP contribution in [0.2, 0.25) is 0 Å². The third-order valence-corrected chi connectivity index (χ3v) is 5.30. The zero-order valence-corrected chi connectivity index (χ0v) is 21.7. The molecule has 1 saturated heterocycles. The smallest absolute Gasteiger partial charge is 0.306 e. The molecule has 1 fully saturated rings. The molecule has 10 heteroatoms. The first-order valence-electron chi connectivity index (χ1n) is 12.6. The van der Waals surface area contributed by atoms with Gasteiger partial charge in [-0.1, -0.05) is 55.5 Å². The van der Waals surface area contributed by atoms with Crippen LogP contribution in [0.25, 0.3) is 0 Å². The van der Waals surface area contributed by atoms with E-state index in [2.05, 4.69) is 37.3 Å². The summed E-state index contributed by atoms with van der Waals surface area (Å²) in [6.07, 6.45) is 12.4. The number of esters is 2. The monoisotopic (exact) mass is 526 g/mol. The molecule has 0 radical (unpaired) electrons.